The van der Waals surface area contributed by atoms with Crippen molar-refractivity contribution < 1.29 is 4.74 Å². The highest BCUT2D eigenvalue weighted by Crippen LogP contribution is 2.00. The summed E-state index contributed by atoms with van der Waals surface area (Å²) in [6.07, 6.45) is 1.12. The molecular formula is C18H39N5O. The summed E-state index contributed by atoms with van der Waals surface area (Å²) in [6, 6.07) is 0. The van der Waals surface area contributed by atoms with Crippen molar-refractivity contribution in [1.82, 2.24) is 20.4 Å². The van der Waals surface area contributed by atoms with Gasteiger partial charge in [-0.15, -0.1) is 0 Å². The Morgan fingerprint density at radius 1 is 1.04 bits per heavy atom. The molecule has 0 saturated carbocycles. The van der Waals surface area contributed by atoms with Gasteiger partial charge in [0, 0.05) is 52.4 Å². The number of ether oxygens (including phenoxy) is 1. The minimum Gasteiger partial charge on any atom is -0.380 e. The lowest BCUT2D eigenvalue weighted by molar-refractivity contribution is 0.128. The number of hydrogen-bond donors (Lipinski definition) is 2. The van der Waals surface area contributed by atoms with Crippen LogP contribution in [0, 0.1) is 5.92 Å². The maximum Gasteiger partial charge on any atom is 0.191 e. The van der Waals surface area contributed by atoms with Crippen molar-refractivity contribution in [1.29, 1.82) is 0 Å². The molecule has 0 aromatic heterocycles. The first-order chi connectivity index (χ1) is 11.7. The van der Waals surface area contributed by atoms with Gasteiger partial charge in [0.15, 0.2) is 5.96 Å². The Balaban J connectivity index is 2.15. The molecule has 142 valence electrons. The zero-order valence-corrected chi connectivity index (χ0v) is 16.3. The average molecular weight is 342 g/mol. The molecule has 1 saturated heterocycles. The Bertz CT molecular complexity index is 327. The van der Waals surface area contributed by atoms with Crippen LogP contribution in [0.25, 0.3) is 0 Å². The number of nitrogens with zero attached hydrogens (tertiary/aromatic N) is 3. The summed E-state index contributed by atoms with van der Waals surface area (Å²) in [6.45, 7) is 19.8. The first kappa shape index (κ1) is 21.2. The second kappa shape index (κ2) is 13.4. The van der Waals surface area contributed by atoms with Crippen molar-refractivity contribution in [2.24, 2.45) is 10.9 Å². The fourth-order valence-corrected chi connectivity index (χ4v) is 2.64. The number of likely N-dealkylation sites (N-methyl/N-ethyl adjacent to an activating group) is 1. The summed E-state index contributed by atoms with van der Waals surface area (Å²) >= 11 is 0. The van der Waals surface area contributed by atoms with Crippen LogP contribution >= 0.6 is 0 Å². The van der Waals surface area contributed by atoms with E-state index in [2.05, 4.69) is 53.1 Å². The Morgan fingerprint density at radius 2 is 1.75 bits per heavy atom. The van der Waals surface area contributed by atoms with Gasteiger partial charge in [0.25, 0.3) is 0 Å². The van der Waals surface area contributed by atoms with Crippen molar-refractivity contribution in [2.75, 3.05) is 72.1 Å². The average Bonchev–Trinajstić information content (AvgIpc) is 2.58. The number of piperazine rings is 1. The van der Waals surface area contributed by atoms with E-state index in [1.165, 1.54) is 19.6 Å². The predicted octanol–water partition coefficient (Wildman–Crippen LogP) is 1.24. The van der Waals surface area contributed by atoms with Gasteiger partial charge in [-0.25, -0.2) is 0 Å². The van der Waals surface area contributed by atoms with Crippen LogP contribution in [0.1, 0.15) is 34.1 Å². The summed E-state index contributed by atoms with van der Waals surface area (Å²) in [5, 5.41) is 6.65. The maximum atomic E-state index is 5.64. The van der Waals surface area contributed by atoms with Crippen molar-refractivity contribution in [2.45, 2.75) is 34.1 Å². The molecule has 0 aromatic rings. The number of aliphatic imine (C=N–C) groups is 1. The molecule has 6 nitrogen and oxygen atoms in total. The molecule has 0 aromatic carbocycles. The van der Waals surface area contributed by atoms with Crippen LogP contribution in [-0.4, -0.2) is 87.9 Å². The molecule has 0 unspecified atom stereocenters. The number of nitrogens with one attached hydrogen (secondary N) is 2. The molecule has 0 aliphatic carbocycles. The van der Waals surface area contributed by atoms with Crippen LogP contribution in [0.3, 0.4) is 0 Å². The molecule has 1 heterocycles. The maximum absolute atomic E-state index is 5.64. The van der Waals surface area contributed by atoms with Crippen molar-refractivity contribution >= 4 is 5.96 Å². The van der Waals surface area contributed by atoms with E-state index in [4.69, 9.17) is 4.74 Å². The monoisotopic (exact) mass is 341 g/mol. The molecule has 1 rings (SSSR count). The Labute approximate surface area is 149 Å². The smallest absolute Gasteiger partial charge is 0.191 e. The van der Waals surface area contributed by atoms with Crippen molar-refractivity contribution in [3.05, 3.63) is 0 Å². The summed E-state index contributed by atoms with van der Waals surface area (Å²) in [7, 11) is 0. The summed E-state index contributed by atoms with van der Waals surface area (Å²) in [5.41, 5.74) is 0. The molecule has 0 radical (unpaired) electrons. The van der Waals surface area contributed by atoms with E-state index in [9.17, 15) is 0 Å². The largest absolute Gasteiger partial charge is 0.380 e. The molecule has 1 aliphatic rings. The van der Waals surface area contributed by atoms with Crippen LogP contribution in [0.4, 0.5) is 0 Å². The van der Waals surface area contributed by atoms with Gasteiger partial charge in [0.2, 0.25) is 0 Å². The quantitative estimate of drug-likeness (QED) is 0.336. The van der Waals surface area contributed by atoms with Crippen LogP contribution in [-0.2, 0) is 4.74 Å². The lowest BCUT2D eigenvalue weighted by atomic mass is 10.1. The van der Waals surface area contributed by atoms with E-state index < -0.39 is 0 Å². The minimum atomic E-state index is 0.705. The lowest BCUT2D eigenvalue weighted by Crippen LogP contribution is -2.47. The predicted molar refractivity (Wildman–Crippen MR) is 103 cm³/mol. The normalized spacial score (nSPS) is 17.5. The second-order valence-electron chi connectivity index (χ2n) is 6.76. The third-order valence-electron chi connectivity index (χ3n) is 4.32. The van der Waals surface area contributed by atoms with Gasteiger partial charge in [-0.2, -0.15) is 0 Å². The summed E-state index contributed by atoms with van der Waals surface area (Å²) in [5.74, 6) is 1.60. The fourth-order valence-electron chi connectivity index (χ4n) is 2.64. The summed E-state index contributed by atoms with van der Waals surface area (Å²) < 4.78 is 5.64. The molecule has 0 atom stereocenters. The van der Waals surface area contributed by atoms with Crippen LogP contribution in [0.5, 0.6) is 0 Å². The molecule has 6 heteroatoms. The van der Waals surface area contributed by atoms with E-state index in [1.807, 2.05) is 0 Å². The standard InChI is InChI=1S/C18H39N5O/c1-5-19-18(21-9-16-24-15-7-17(3)4)20-8-10-23-13-11-22(6-2)12-14-23/h17H,5-16H2,1-4H3,(H2,19,20,21). The number of rotatable bonds is 11. The first-order valence-electron chi connectivity index (χ1n) is 9.70. The molecule has 0 spiro atoms. The highest BCUT2D eigenvalue weighted by atomic mass is 16.5. The SMILES string of the molecule is CCNC(=NCCN1CCN(CC)CC1)NCCOCCC(C)C. The zero-order chi connectivity index (χ0) is 17.6. The van der Waals surface area contributed by atoms with Crippen LogP contribution < -0.4 is 10.6 Å². The third kappa shape index (κ3) is 10.1. The van der Waals surface area contributed by atoms with Gasteiger partial charge in [0.1, 0.15) is 0 Å². The van der Waals surface area contributed by atoms with E-state index in [0.29, 0.717) is 5.92 Å². The highest BCUT2D eigenvalue weighted by molar-refractivity contribution is 5.79. The second-order valence-corrected chi connectivity index (χ2v) is 6.76. The summed E-state index contributed by atoms with van der Waals surface area (Å²) in [4.78, 5) is 9.69. The van der Waals surface area contributed by atoms with Gasteiger partial charge in [0.05, 0.1) is 13.2 Å². The first-order valence-corrected chi connectivity index (χ1v) is 9.70. The topological polar surface area (TPSA) is 52.1 Å². The van der Waals surface area contributed by atoms with Crippen molar-refractivity contribution in [3.63, 3.8) is 0 Å². The Hall–Kier alpha value is -0.850. The minimum absolute atomic E-state index is 0.705. The van der Waals surface area contributed by atoms with Crippen LogP contribution in [0.2, 0.25) is 0 Å². The van der Waals surface area contributed by atoms with Gasteiger partial charge >= 0.3 is 0 Å². The van der Waals surface area contributed by atoms with E-state index in [1.54, 1.807) is 0 Å². The third-order valence-corrected chi connectivity index (χ3v) is 4.32. The Morgan fingerprint density at radius 3 is 2.38 bits per heavy atom. The van der Waals surface area contributed by atoms with Gasteiger partial charge in [-0.3, -0.25) is 9.89 Å². The van der Waals surface area contributed by atoms with Gasteiger partial charge < -0.3 is 20.3 Å². The van der Waals surface area contributed by atoms with Gasteiger partial charge in [-0.1, -0.05) is 20.8 Å². The molecule has 0 bridgehead atoms. The number of guanidine groups is 1. The van der Waals surface area contributed by atoms with Crippen molar-refractivity contribution in [3.8, 4) is 0 Å². The highest BCUT2D eigenvalue weighted by Gasteiger charge is 2.14. The van der Waals surface area contributed by atoms with E-state index >= 15 is 0 Å². The molecular weight excluding hydrogens is 302 g/mol. The number of hydrogen-bond acceptors (Lipinski definition) is 4. The van der Waals surface area contributed by atoms with Gasteiger partial charge in [-0.05, 0) is 25.8 Å². The van der Waals surface area contributed by atoms with Crippen LogP contribution in [0.15, 0.2) is 4.99 Å². The lowest BCUT2D eigenvalue weighted by Gasteiger charge is -2.33. The molecule has 1 aliphatic heterocycles. The van der Waals surface area contributed by atoms with E-state index in [0.717, 1.165) is 64.9 Å². The molecule has 1 fully saturated rings. The molecule has 0 amide bonds. The zero-order valence-electron chi connectivity index (χ0n) is 16.3. The molecule has 24 heavy (non-hydrogen) atoms. The fraction of sp³-hybridized carbons (Fsp3) is 0.944. The Kier molecular flexibility index (Phi) is 11.9. The molecule has 2 N–H and O–H groups in total. The van der Waals surface area contributed by atoms with E-state index in [-0.39, 0.29) is 0 Å².